The van der Waals surface area contributed by atoms with E-state index in [1.54, 1.807) is 0 Å². The zero-order valence-corrected chi connectivity index (χ0v) is 5.90. The van der Waals surface area contributed by atoms with Gasteiger partial charge >= 0.3 is 0 Å². The van der Waals surface area contributed by atoms with E-state index in [4.69, 9.17) is 4.43 Å². The summed E-state index contributed by atoms with van der Waals surface area (Å²) < 4.78 is 5.01. The van der Waals surface area contributed by atoms with Gasteiger partial charge in [-0.3, -0.25) is 0 Å². The zero-order valence-electron chi connectivity index (χ0n) is 4.90. The Kier molecular flexibility index (Phi) is 3.99. The van der Waals surface area contributed by atoms with E-state index < -0.39 is 0 Å². The molecule has 0 fully saturated rings. The Balaban J connectivity index is 2.81. The van der Waals surface area contributed by atoms with Gasteiger partial charge < -0.3 is 4.43 Å². The van der Waals surface area contributed by atoms with Gasteiger partial charge in [0.25, 0.3) is 9.38 Å². The highest BCUT2D eigenvalue weighted by Gasteiger charge is 1.87. The Labute approximate surface area is 47.3 Å². The van der Waals surface area contributed by atoms with Gasteiger partial charge in [-0.15, -0.1) is 0 Å². The fourth-order valence-electron chi connectivity index (χ4n) is 0.226. The molecule has 0 aromatic carbocycles. The standard InChI is InChI=1S/C5H11OSi/c1-5(2)4-6-7-3/h5H,3-4H2,1-2H3. The fourth-order valence-corrected chi connectivity index (χ4v) is 0.677. The Morgan fingerprint density at radius 1 is 1.71 bits per heavy atom. The first-order valence-corrected chi connectivity index (χ1v) is 3.52. The van der Waals surface area contributed by atoms with Crippen LogP contribution < -0.4 is 0 Å². The summed E-state index contributed by atoms with van der Waals surface area (Å²) in [7, 11) is 0.401. The van der Waals surface area contributed by atoms with Crippen LogP contribution in [0.1, 0.15) is 13.8 Å². The summed E-state index contributed by atoms with van der Waals surface area (Å²) in [4.78, 5) is 0. The smallest absolute Gasteiger partial charge is 0.273 e. The summed E-state index contributed by atoms with van der Waals surface area (Å²) in [5, 5.41) is 0. The first kappa shape index (κ1) is 6.89. The Bertz CT molecular complexity index is 52.0. The van der Waals surface area contributed by atoms with E-state index in [0.717, 1.165) is 6.61 Å². The van der Waals surface area contributed by atoms with Crippen LogP contribution >= 0.6 is 0 Å². The van der Waals surface area contributed by atoms with E-state index in [1.165, 1.54) is 0 Å². The summed E-state index contributed by atoms with van der Waals surface area (Å²) in [5.74, 6) is 0.647. The summed E-state index contributed by atoms with van der Waals surface area (Å²) >= 11 is 0. The third kappa shape index (κ3) is 5.89. The molecule has 0 aliphatic carbocycles. The minimum Gasteiger partial charge on any atom is -0.548 e. The van der Waals surface area contributed by atoms with Crippen LogP contribution in [0.3, 0.4) is 0 Å². The van der Waals surface area contributed by atoms with Crippen LogP contribution in [0, 0.1) is 5.92 Å². The van der Waals surface area contributed by atoms with Gasteiger partial charge in [-0.25, -0.2) is 0 Å². The molecule has 0 bridgehead atoms. The van der Waals surface area contributed by atoms with Crippen molar-refractivity contribution >= 4 is 15.6 Å². The third-order valence-corrected chi connectivity index (χ3v) is 0.890. The van der Waals surface area contributed by atoms with Crippen molar-refractivity contribution in [3.8, 4) is 0 Å². The molecule has 1 radical (unpaired) electrons. The fraction of sp³-hybridized carbons (Fsp3) is 0.800. The second-order valence-electron chi connectivity index (χ2n) is 1.85. The van der Waals surface area contributed by atoms with Crippen LogP contribution in [0.5, 0.6) is 0 Å². The molecule has 41 valence electrons. The van der Waals surface area contributed by atoms with E-state index >= 15 is 0 Å². The molecule has 0 amide bonds. The molecule has 0 aliphatic rings. The van der Waals surface area contributed by atoms with Crippen molar-refractivity contribution in [1.29, 1.82) is 0 Å². The molecule has 0 saturated heterocycles. The van der Waals surface area contributed by atoms with Crippen molar-refractivity contribution in [3.05, 3.63) is 0 Å². The lowest BCUT2D eigenvalue weighted by Gasteiger charge is -2.00. The van der Waals surface area contributed by atoms with Gasteiger partial charge in [0.05, 0.1) is 6.61 Å². The first-order chi connectivity index (χ1) is 3.27. The molecule has 0 rings (SSSR count). The SMILES string of the molecule is C=[Si]OCC(C)C. The van der Waals surface area contributed by atoms with Crippen LogP contribution in [0.15, 0.2) is 0 Å². The largest absolute Gasteiger partial charge is 0.548 e. The molecule has 0 unspecified atom stereocenters. The molecule has 7 heavy (non-hydrogen) atoms. The summed E-state index contributed by atoms with van der Waals surface area (Å²) in [6.45, 7) is 5.10. The first-order valence-electron chi connectivity index (χ1n) is 2.41. The van der Waals surface area contributed by atoms with E-state index in [-0.39, 0.29) is 0 Å². The maximum Gasteiger partial charge on any atom is 0.273 e. The van der Waals surface area contributed by atoms with Gasteiger partial charge in [-0.05, 0) is 5.92 Å². The van der Waals surface area contributed by atoms with Crippen LogP contribution in [-0.4, -0.2) is 22.2 Å². The average molecular weight is 115 g/mol. The maximum absolute atomic E-state index is 5.01. The minimum atomic E-state index is 0.401. The van der Waals surface area contributed by atoms with Crippen molar-refractivity contribution in [3.63, 3.8) is 0 Å². The van der Waals surface area contributed by atoms with Gasteiger partial charge in [0.1, 0.15) is 0 Å². The molecule has 1 nitrogen and oxygen atoms in total. The van der Waals surface area contributed by atoms with Crippen molar-refractivity contribution < 1.29 is 4.43 Å². The Morgan fingerprint density at radius 3 is 2.43 bits per heavy atom. The highest BCUT2D eigenvalue weighted by atomic mass is 28.2. The summed E-state index contributed by atoms with van der Waals surface area (Å²) in [6.07, 6.45) is 3.56. The molecule has 0 saturated carbocycles. The van der Waals surface area contributed by atoms with Crippen molar-refractivity contribution in [2.75, 3.05) is 6.61 Å². The minimum absolute atomic E-state index is 0.401. The van der Waals surface area contributed by atoms with E-state index in [9.17, 15) is 0 Å². The molecular formula is C5H11OSi. The van der Waals surface area contributed by atoms with E-state index in [0.29, 0.717) is 15.3 Å². The summed E-state index contributed by atoms with van der Waals surface area (Å²) in [5.41, 5.74) is 0. The second-order valence-corrected chi connectivity index (χ2v) is 2.43. The Hall–Kier alpha value is -0.113. The van der Waals surface area contributed by atoms with Gasteiger partial charge in [-0.2, -0.15) is 0 Å². The van der Waals surface area contributed by atoms with Crippen molar-refractivity contribution in [2.24, 2.45) is 5.92 Å². The molecule has 0 atom stereocenters. The predicted octanol–water partition coefficient (Wildman–Crippen LogP) is 0.710. The lowest BCUT2D eigenvalue weighted by molar-refractivity contribution is 0.293. The van der Waals surface area contributed by atoms with E-state index in [1.807, 2.05) is 0 Å². The highest BCUT2D eigenvalue weighted by molar-refractivity contribution is 6.33. The lowest BCUT2D eigenvalue weighted by Crippen LogP contribution is -2.00. The highest BCUT2D eigenvalue weighted by Crippen LogP contribution is 1.88. The quantitative estimate of drug-likeness (QED) is 0.492. The number of rotatable bonds is 3. The molecule has 0 aliphatic heterocycles. The molecule has 0 aromatic rings. The Morgan fingerprint density at radius 2 is 2.29 bits per heavy atom. The van der Waals surface area contributed by atoms with Crippen molar-refractivity contribution in [1.82, 2.24) is 0 Å². The van der Waals surface area contributed by atoms with Gasteiger partial charge in [0, 0.05) is 0 Å². The van der Waals surface area contributed by atoms with Gasteiger partial charge in [0.2, 0.25) is 0 Å². The van der Waals surface area contributed by atoms with Crippen LogP contribution in [0.25, 0.3) is 0 Å². The molecule has 2 heteroatoms. The lowest BCUT2D eigenvalue weighted by atomic mass is 10.2. The average Bonchev–Trinajstić information content (AvgIpc) is 1.61. The van der Waals surface area contributed by atoms with E-state index in [2.05, 4.69) is 20.0 Å². The number of hydrogen-bond donors (Lipinski definition) is 0. The topological polar surface area (TPSA) is 9.23 Å². The van der Waals surface area contributed by atoms with Crippen LogP contribution in [0.4, 0.5) is 0 Å². The van der Waals surface area contributed by atoms with Gasteiger partial charge in [-0.1, -0.05) is 20.0 Å². The monoisotopic (exact) mass is 115 g/mol. The van der Waals surface area contributed by atoms with Gasteiger partial charge in [0.15, 0.2) is 0 Å². The molecule has 0 heterocycles. The molecule has 0 spiro atoms. The summed E-state index contributed by atoms with van der Waals surface area (Å²) in [6, 6.07) is 0. The van der Waals surface area contributed by atoms with Crippen LogP contribution in [0.2, 0.25) is 0 Å². The van der Waals surface area contributed by atoms with Crippen LogP contribution in [-0.2, 0) is 4.43 Å². The second kappa shape index (κ2) is 4.06. The normalized spacial score (nSPS) is 9.00. The molecular weight excluding hydrogens is 104 g/mol. The van der Waals surface area contributed by atoms with Crippen molar-refractivity contribution in [2.45, 2.75) is 13.8 Å². The molecule has 0 N–H and O–H groups in total. The predicted molar refractivity (Wildman–Crippen MR) is 33.7 cm³/mol. The third-order valence-electron chi connectivity index (χ3n) is 0.519. The zero-order chi connectivity index (χ0) is 5.70. The number of hydrogen-bond acceptors (Lipinski definition) is 1. The molecule has 0 aromatic heterocycles. The maximum atomic E-state index is 5.01.